The van der Waals surface area contributed by atoms with Crippen molar-refractivity contribution in [1.82, 2.24) is 18.9 Å². The number of pyridine rings is 1. The Bertz CT molecular complexity index is 801. The highest BCUT2D eigenvalue weighted by molar-refractivity contribution is 7.99. The van der Waals surface area contributed by atoms with Gasteiger partial charge in [0.2, 0.25) is 10.0 Å². The Morgan fingerprint density at radius 3 is 2.58 bits per heavy atom. The van der Waals surface area contributed by atoms with E-state index in [0.29, 0.717) is 36.4 Å². The molecule has 9 heteroatoms. The fourth-order valence-corrected chi connectivity index (χ4v) is 4.65. The number of nitrogens with zero attached hydrogens (tertiary/aromatic N) is 4. The molecule has 0 amide bonds. The lowest BCUT2D eigenvalue weighted by atomic mass is 10.1. The predicted molar refractivity (Wildman–Crippen MR) is 104 cm³/mol. The summed E-state index contributed by atoms with van der Waals surface area (Å²) in [5.41, 5.74) is 0.631. The van der Waals surface area contributed by atoms with Crippen molar-refractivity contribution in [3.8, 4) is 0 Å². The minimum absolute atomic E-state index is 0.253. The van der Waals surface area contributed by atoms with Crippen LogP contribution in [0.2, 0.25) is 0 Å². The van der Waals surface area contributed by atoms with Gasteiger partial charge >= 0.3 is 0 Å². The second-order valence-corrected chi connectivity index (χ2v) is 9.31. The lowest BCUT2D eigenvalue weighted by molar-refractivity contribution is 0.138. The molecule has 0 saturated carbocycles. The summed E-state index contributed by atoms with van der Waals surface area (Å²) in [6.07, 6.45) is 2.65. The molecule has 0 N–H and O–H groups in total. The second-order valence-electron chi connectivity index (χ2n) is 6.31. The van der Waals surface area contributed by atoms with Crippen LogP contribution in [0.3, 0.4) is 0 Å². The molecule has 0 aliphatic carbocycles. The molecule has 0 radical (unpaired) electrons. The molecule has 2 rings (SSSR count). The van der Waals surface area contributed by atoms with E-state index >= 15 is 0 Å². The smallest absolute Gasteiger partial charge is 0.244 e. The number of rotatable bonds is 11. The van der Waals surface area contributed by atoms with E-state index in [9.17, 15) is 8.42 Å². The zero-order chi connectivity index (χ0) is 19.2. The Labute approximate surface area is 160 Å². The van der Waals surface area contributed by atoms with Gasteiger partial charge in [-0.15, -0.1) is 10.2 Å². The van der Waals surface area contributed by atoms with Gasteiger partial charge in [0.15, 0.2) is 10.8 Å². The van der Waals surface area contributed by atoms with Gasteiger partial charge in [0.25, 0.3) is 0 Å². The third kappa shape index (κ3) is 5.18. The molecule has 0 spiro atoms. The molecular weight excluding hydrogens is 372 g/mol. The Morgan fingerprint density at radius 1 is 1.19 bits per heavy atom. The molecule has 0 atom stereocenters. The Morgan fingerprint density at radius 2 is 1.92 bits per heavy atom. The Kier molecular flexibility index (Phi) is 7.87. The van der Waals surface area contributed by atoms with Gasteiger partial charge in [0, 0.05) is 31.6 Å². The normalized spacial score (nSPS) is 12.5. The molecule has 0 bridgehead atoms. The average molecular weight is 401 g/mol. The number of thioether (sulfide) groups is 1. The summed E-state index contributed by atoms with van der Waals surface area (Å²) in [5, 5.41) is 8.94. The number of ether oxygens (including phenoxy) is 1. The fraction of sp³-hybridized carbons (Fsp3) is 0.647. The van der Waals surface area contributed by atoms with E-state index in [4.69, 9.17) is 4.74 Å². The molecule has 0 fully saturated rings. The van der Waals surface area contributed by atoms with Gasteiger partial charge in [-0.2, -0.15) is 4.31 Å². The summed E-state index contributed by atoms with van der Waals surface area (Å²) in [5.74, 6) is 1.38. The maximum atomic E-state index is 12.7. The minimum Gasteiger partial charge on any atom is -0.381 e. The largest absolute Gasteiger partial charge is 0.381 e. The number of hydrogen-bond donors (Lipinski definition) is 0. The topological polar surface area (TPSA) is 76.8 Å². The van der Waals surface area contributed by atoms with Crippen LogP contribution in [-0.4, -0.2) is 59.4 Å². The van der Waals surface area contributed by atoms with Crippen LogP contribution >= 0.6 is 11.8 Å². The molecule has 2 aromatic rings. The molecule has 26 heavy (non-hydrogen) atoms. The Balaban J connectivity index is 2.08. The average Bonchev–Trinajstić information content (AvgIpc) is 3.01. The first-order valence-electron chi connectivity index (χ1n) is 8.95. The van der Waals surface area contributed by atoms with Gasteiger partial charge in [0.05, 0.1) is 11.5 Å². The number of aromatic nitrogens is 3. The summed E-state index contributed by atoms with van der Waals surface area (Å²) in [4.78, 5) is 0.253. The quantitative estimate of drug-likeness (QED) is 0.426. The van der Waals surface area contributed by atoms with Crippen LogP contribution in [0.4, 0.5) is 0 Å². The fourth-order valence-electron chi connectivity index (χ4n) is 2.43. The van der Waals surface area contributed by atoms with Crippen molar-refractivity contribution in [1.29, 1.82) is 0 Å². The van der Waals surface area contributed by atoms with Crippen molar-refractivity contribution in [2.24, 2.45) is 5.92 Å². The monoisotopic (exact) mass is 400 g/mol. The molecule has 0 unspecified atom stereocenters. The van der Waals surface area contributed by atoms with Crippen LogP contribution in [0.1, 0.15) is 34.1 Å². The van der Waals surface area contributed by atoms with Crippen molar-refractivity contribution in [2.45, 2.75) is 44.2 Å². The first-order valence-corrected chi connectivity index (χ1v) is 11.4. The van der Waals surface area contributed by atoms with Gasteiger partial charge < -0.3 is 4.74 Å². The molecule has 146 valence electrons. The summed E-state index contributed by atoms with van der Waals surface area (Å²) in [6, 6.07) is 3.27. The van der Waals surface area contributed by atoms with Gasteiger partial charge in [-0.25, -0.2) is 8.42 Å². The molecule has 2 heterocycles. The highest BCUT2D eigenvalue weighted by Gasteiger charge is 2.22. The highest BCUT2D eigenvalue weighted by Crippen LogP contribution is 2.21. The molecule has 2 aromatic heterocycles. The van der Waals surface area contributed by atoms with E-state index in [1.54, 1.807) is 22.7 Å². The first-order chi connectivity index (χ1) is 12.4. The summed E-state index contributed by atoms with van der Waals surface area (Å²) in [6.45, 7) is 10.3. The van der Waals surface area contributed by atoms with Crippen LogP contribution in [-0.2, 0) is 14.8 Å². The summed E-state index contributed by atoms with van der Waals surface area (Å²) >= 11 is 1.51. The van der Waals surface area contributed by atoms with Crippen LogP contribution in [0.15, 0.2) is 28.4 Å². The van der Waals surface area contributed by atoms with Gasteiger partial charge in [-0.3, -0.25) is 4.40 Å². The standard InChI is InChI=1S/C17H28N4O3S2/c1-5-20(6-2)26(22,23)15-7-8-16-18-19-17(21(16)13-15)25-12-11-24-10-9-14(3)4/h7-8,13-14H,5-6,9-12H2,1-4H3. The number of fused-ring (bicyclic) bond motifs is 1. The molecule has 0 aliphatic rings. The molecule has 7 nitrogen and oxygen atoms in total. The van der Waals surface area contributed by atoms with Crippen molar-refractivity contribution in [2.75, 3.05) is 32.1 Å². The van der Waals surface area contributed by atoms with E-state index in [2.05, 4.69) is 24.0 Å². The number of hydrogen-bond acceptors (Lipinski definition) is 6. The Hall–Kier alpha value is -1.16. The van der Waals surface area contributed by atoms with E-state index in [0.717, 1.165) is 18.8 Å². The van der Waals surface area contributed by atoms with Crippen molar-refractivity contribution in [3.05, 3.63) is 18.3 Å². The zero-order valence-corrected chi connectivity index (χ0v) is 17.5. The minimum atomic E-state index is -3.51. The van der Waals surface area contributed by atoms with Crippen molar-refractivity contribution in [3.63, 3.8) is 0 Å². The molecular formula is C17H28N4O3S2. The lowest BCUT2D eigenvalue weighted by Gasteiger charge is -2.18. The summed E-state index contributed by atoms with van der Waals surface area (Å²) < 4.78 is 34.2. The summed E-state index contributed by atoms with van der Waals surface area (Å²) in [7, 11) is -3.51. The zero-order valence-electron chi connectivity index (χ0n) is 15.9. The van der Waals surface area contributed by atoms with Crippen molar-refractivity contribution >= 4 is 27.4 Å². The lowest BCUT2D eigenvalue weighted by Crippen LogP contribution is -2.30. The van der Waals surface area contributed by atoms with E-state index in [1.807, 2.05) is 13.8 Å². The van der Waals surface area contributed by atoms with E-state index < -0.39 is 10.0 Å². The third-order valence-electron chi connectivity index (χ3n) is 3.99. The van der Waals surface area contributed by atoms with Gasteiger partial charge in [0.1, 0.15) is 0 Å². The van der Waals surface area contributed by atoms with Crippen LogP contribution in [0.25, 0.3) is 5.65 Å². The highest BCUT2D eigenvalue weighted by atomic mass is 32.2. The second kappa shape index (κ2) is 9.68. The third-order valence-corrected chi connectivity index (χ3v) is 6.93. The van der Waals surface area contributed by atoms with E-state index in [-0.39, 0.29) is 4.90 Å². The SMILES string of the molecule is CCN(CC)S(=O)(=O)c1ccc2nnc(SCCOCCC(C)C)n2c1. The number of sulfonamides is 1. The molecule has 0 aliphatic heterocycles. The van der Waals surface area contributed by atoms with Gasteiger partial charge in [-0.05, 0) is 24.5 Å². The first kappa shape index (κ1) is 21.1. The van der Waals surface area contributed by atoms with Crippen LogP contribution < -0.4 is 0 Å². The van der Waals surface area contributed by atoms with E-state index in [1.165, 1.54) is 16.1 Å². The van der Waals surface area contributed by atoms with Crippen molar-refractivity contribution < 1.29 is 13.2 Å². The van der Waals surface area contributed by atoms with Crippen LogP contribution in [0.5, 0.6) is 0 Å². The molecule has 0 saturated heterocycles. The molecule has 0 aromatic carbocycles. The maximum absolute atomic E-state index is 12.7. The predicted octanol–water partition coefficient (Wildman–Crippen LogP) is 2.91. The van der Waals surface area contributed by atoms with Gasteiger partial charge in [-0.1, -0.05) is 39.5 Å². The van der Waals surface area contributed by atoms with Crippen LogP contribution in [0, 0.1) is 5.92 Å². The maximum Gasteiger partial charge on any atom is 0.244 e.